The number of hydrogen-bond acceptors (Lipinski definition) is 5. The average Bonchev–Trinajstić information content (AvgIpc) is 2.69. The van der Waals surface area contributed by atoms with Crippen LogP contribution in [-0.4, -0.2) is 20.7 Å². The Morgan fingerprint density at radius 1 is 1.04 bits per heavy atom. The molecule has 0 fully saturated rings. The molecule has 132 valence electrons. The third-order valence-corrected chi connectivity index (χ3v) is 4.11. The van der Waals surface area contributed by atoms with Crippen molar-refractivity contribution in [3.63, 3.8) is 0 Å². The molecular formula is C18H20IN3O3. The Morgan fingerprint density at radius 3 is 2.04 bits per heavy atom. The molecule has 0 aliphatic rings. The van der Waals surface area contributed by atoms with Gasteiger partial charge in [-0.2, -0.15) is 10.5 Å². The molecule has 0 spiro atoms. The van der Waals surface area contributed by atoms with Crippen LogP contribution in [0.4, 0.5) is 0 Å². The zero-order valence-corrected chi connectivity index (χ0v) is 17.2. The molecule has 2 aromatic heterocycles. The smallest absolute Gasteiger partial charge is 0.247 e. The Bertz CT molecular complexity index is 919. The summed E-state index contributed by atoms with van der Waals surface area (Å²) < 4.78 is 14.1. The number of aromatic hydroxyl groups is 1. The van der Waals surface area contributed by atoms with E-state index in [1.165, 1.54) is 6.07 Å². The molecule has 0 saturated heterocycles. The molecule has 0 aromatic carbocycles. The lowest BCUT2D eigenvalue weighted by atomic mass is 10.1. The van der Waals surface area contributed by atoms with Crippen LogP contribution in [0.3, 0.4) is 0 Å². The van der Waals surface area contributed by atoms with Crippen molar-refractivity contribution in [1.29, 1.82) is 10.5 Å². The summed E-state index contributed by atoms with van der Waals surface area (Å²) in [6, 6.07) is 5.52. The van der Waals surface area contributed by atoms with Gasteiger partial charge in [0.2, 0.25) is 11.6 Å². The molecule has 0 unspecified atom stereocenters. The van der Waals surface area contributed by atoms with Crippen molar-refractivity contribution in [2.75, 3.05) is 0 Å². The molecule has 0 radical (unpaired) electrons. The van der Waals surface area contributed by atoms with Gasteiger partial charge in [-0.25, -0.2) is 0 Å². The highest BCUT2D eigenvalue weighted by molar-refractivity contribution is 14.1. The minimum Gasteiger partial charge on any atom is -0.503 e. The highest BCUT2D eigenvalue weighted by Gasteiger charge is 2.30. The largest absolute Gasteiger partial charge is 0.503 e. The number of nitriles is 2. The van der Waals surface area contributed by atoms with E-state index in [0.717, 1.165) is 0 Å². The Labute approximate surface area is 160 Å². The van der Waals surface area contributed by atoms with E-state index in [9.17, 15) is 15.6 Å². The second-order valence-corrected chi connectivity index (χ2v) is 8.60. The second-order valence-electron chi connectivity index (χ2n) is 7.58. The van der Waals surface area contributed by atoms with Crippen LogP contribution < -0.4 is 9.47 Å². The van der Waals surface area contributed by atoms with E-state index in [1.807, 2.05) is 76.3 Å². The number of rotatable bonds is 2. The van der Waals surface area contributed by atoms with Gasteiger partial charge in [0.15, 0.2) is 5.75 Å². The fourth-order valence-corrected chi connectivity index (χ4v) is 3.16. The second kappa shape index (κ2) is 6.30. The quantitative estimate of drug-likeness (QED) is 0.540. The van der Waals surface area contributed by atoms with E-state index in [4.69, 9.17) is 9.47 Å². The van der Waals surface area contributed by atoms with E-state index in [0.29, 0.717) is 15.1 Å². The molecule has 2 aromatic rings. The van der Waals surface area contributed by atoms with Gasteiger partial charge in [-0.15, -0.1) is 0 Å². The van der Waals surface area contributed by atoms with Crippen molar-refractivity contribution in [3.8, 4) is 29.5 Å². The van der Waals surface area contributed by atoms with Crippen molar-refractivity contribution in [2.45, 2.75) is 52.7 Å². The summed E-state index contributed by atoms with van der Waals surface area (Å²) in [6.07, 6.45) is 0. The van der Waals surface area contributed by atoms with Gasteiger partial charge in [-0.05, 0) is 70.2 Å². The Morgan fingerprint density at radius 2 is 1.60 bits per heavy atom. The first-order valence-corrected chi connectivity index (χ1v) is 8.75. The van der Waals surface area contributed by atoms with Crippen LogP contribution in [0.25, 0.3) is 5.52 Å². The number of nitrogens with zero attached hydrogens (tertiary/aromatic N) is 3. The number of fused-ring (bicyclic) bond motifs is 1. The van der Waals surface area contributed by atoms with Crippen molar-refractivity contribution < 1.29 is 14.6 Å². The van der Waals surface area contributed by atoms with Gasteiger partial charge in [0.05, 0.1) is 11.1 Å². The monoisotopic (exact) mass is 453 g/mol. The topological polar surface area (TPSA) is 90.7 Å². The van der Waals surface area contributed by atoms with Crippen molar-refractivity contribution in [3.05, 3.63) is 20.9 Å². The fourth-order valence-electron chi connectivity index (χ4n) is 2.27. The first kappa shape index (κ1) is 19.2. The molecule has 0 amide bonds. The lowest BCUT2D eigenvalue weighted by molar-refractivity contribution is 0.0888. The summed E-state index contributed by atoms with van der Waals surface area (Å²) in [5.74, 6) is 0.382. The first-order chi connectivity index (χ1) is 11.4. The van der Waals surface area contributed by atoms with Gasteiger partial charge in [-0.1, -0.05) is 0 Å². The van der Waals surface area contributed by atoms with E-state index in [1.54, 1.807) is 4.40 Å². The zero-order chi connectivity index (χ0) is 19.2. The van der Waals surface area contributed by atoms with Gasteiger partial charge in [-0.3, -0.25) is 4.40 Å². The summed E-state index contributed by atoms with van der Waals surface area (Å²) in [7, 11) is 0. The molecule has 0 aliphatic heterocycles. The number of aromatic nitrogens is 1. The van der Waals surface area contributed by atoms with Crippen LogP contribution in [0, 0.1) is 26.4 Å². The predicted molar refractivity (Wildman–Crippen MR) is 102 cm³/mol. The minimum atomic E-state index is -0.569. The van der Waals surface area contributed by atoms with Crippen LogP contribution in [0.2, 0.25) is 0 Å². The van der Waals surface area contributed by atoms with E-state index in [2.05, 4.69) is 0 Å². The lowest BCUT2D eigenvalue weighted by Crippen LogP contribution is -2.27. The van der Waals surface area contributed by atoms with E-state index < -0.39 is 11.2 Å². The zero-order valence-electron chi connectivity index (χ0n) is 15.1. The summed E-state index contributed by atoms with van der Waals surface area (Å²) in [5.41, 5.74) is -0.345. The molecule has 25 heavy (non-hydrogen) atoms. The average molecular weight is 453 g/mol. The molecule has 2 rings (SSSR count). The molecule has 0 aliphatic carbocycles. The highest BCUT2D eigenvalue weighted by Crippen LogP contribution is 2.47. The third-order valence-electron chi connectivity index (χ3n) is 3.09. The number of hydrogen-bond donors (Lipinski definition) is 1. The van der Waals surface area contributed by atoms with Gasteiger partial charge >= 0.3 is 0 Å². The third kappa shape index (κ3) is 3.77. The van der Waals surface area contributed by atoms with Crippen LogP contribution in [0.5, 0.6) is 17.4 Å². The van der Waals surface area contributed by atoms with Gasteiger partial charge in [0.1, 0.15) is 32.6 Å². The fraction of sp³-hybridized carbons (Fsp3) is 0.444. The molecular weight excluding hydrogens is 433 g/mol. The molecule has 7 heteroatoms. The van der Waals surface area contributed by atoms with Crippen molar-refractivity contribution in [2.24, 2.45) is 0 Å². The number of pyridine rings is 1. The minimum absolute atomic E-state index is 0.118. The van der Waals surface area contributed by atoms with Crippen molar-refractivity contribution in [1.82, 2.24) is 4.40 Å². The van der Waals surface area contributed by atoms with Crippen LogP contribution in [0.1, 0.15) is 52.7 Å². The SMILES string of the molecule is CC(C)(C)Oc1c(O)c2cc(C#N)c(C#N)c(I)n2c1OC(C)(C)C. The Hall–Kier alpha value is -2.13. The van der Waals surface area contributed by atoms with E-state index in [-0.39, 0.29) is 22.6 Å². The van der Waals surface area contributed by atoms with Crippen molar-refractivity contribution >= 4 is 28.1 Å². The van der Waals surface area contributed by atoms with Crippen LogP contribution in [-0.2, 0) is 0 Å². The highest BCUT2D eigenvalue weighted by atomic mass is 127. The van der Waals surface area contributed by atoms with Crippen LogP contribution >= 0.6 is 22.6 Å². The van der Waals surface area contributed by atoms with Crippen LogP contribution in [0.15, 0.2) is 6.07 Å². The maximum absolute atomic E-state index is 10.7. The van der Waals surface area contributed by atoms with E-state index >= 15 is 0 Å². The number of halogens is 1. The standard InChI is InChI=1S/C18H20IN3O3/c1-17(2,3)24-14-13(23)12-7-10(8-20)11(9-21)15(19)22(12)16(14)25-18(4,5)6/h7,23H,1-6H3. The number of ether oxygens (including phenoxy) is 2. The summed E-state index contributed by atoms with van der Waals surface area (Å²) in [4.78, 5) is 0. The van der Waals surface area contributed by atoms with Gasteiger partial charge in [0.25, 0.3) is 0 Å². The summed E-state index contributed by atoms with van der Waals surface area (Å²) >= 11 is 1.97. The molecule has 0 atom stereocenters. The van der Waals surface area contributed by atoms with Gasteiger partial charge in [0, 0.05) is 0 Å². The Balaban J connectivity index is 2.95. The molecule has 6 nitrogen and oxygen atoms in total. The maximum atomic E-state index is 10.7. The normalized spacial score (nSPS) is 11.9. The predicted octanol–water partition coefficient (Wildman–Crippen LogP) is 4.35. The van der Waals surface area contributed by atoms with Gasteiger partial charge < -0.3 is 14.6 Å². The molecule has 1 N–H and O–H groups in total. The lowest BCUT2D eigenvalue weighted by Gasteiger charge is -2.25. The maximum Gasteiger partial charge on any atom is 0.247 e. The molecule has 0 saturated carbocycles. The molecule has 2 heterocycles. The first-order valence-electron chi connectivity index (χ1n) is 7.67. The Kier molecular flexibility index (Phi) is 4.84. The molecule has 0 bridgehead atoms. The summed E-state index contributed by atoms with van der Waals surface area (Å²) in [6.45, 7) is 11.2. The summed E-state index contributed by atoms with van der Waals surface area (Å²) in [5, 5.41) is 29.5.